The molecule has 1 aliphatic rings. The van der Waals surface area contributed by atoms with E-state index in [0.717, 1.165) is 19.3 Å². The highest BCUT2D eigenvalue weighted by molar-refractivity contribution is 7.17. The lowest BCUT2D eigenvalue weighted by atomic mass is 9.97. The van der Waals surface area contributed by atoms with Crippen molar-refractivity contribution < 1.29 is 14.7 Å². The monoisotopic (exact) mass is 360 g/mol. The Morgan fingerprint density at radius 2 is 2.08 bits per heavy atom. The van der Waals surface area contributed by atoms with E-state index in [4.69, 9.17) is 5.11 Å². The number of carbonyl (C=O) groups excluding carboxylic acids is 1. The number of aromatic nitrogens is 3. The van der Waals surface area contributed by atoms with Crippen LogP contribution < -0.4 is 0 Å². The van der Waals surface area contributed by atoms with Crippen molar-refractivity contribution >= 4 is 23.2 Å². The summed E-state index contributed by atoms with van der Waals surface area (Å²) in [6.07, 6.45) is 6.69. The van der Waals surface area contributed by atoms with Gasteiger partial charge in [0.2, 0.25) is 0 Å². The third kappa shape index (κ3) is 4.01. The predicted molar refractivity (Wildman–Crippen MR) is 93.4 cm³/mol. The van der Waals surface area contributed by atoms with Gasteiger partial charge >= 0.3 is 5.97 Å². The summed E-state index contributed by atoms with van der Waals surface area (Å²) in [6, 6.07) is 1.71. The molecule has 1 amide bonds. The minimum atomic E-state index is -0.824. The van der Waals surface area contributed by atoms with Crippen molar-refractivity contribution in [3.63, 3.8) is 0 Å². The van der Waals surface area contributed by atoms with Crippen LogP contribution in [-0.4, -0.2) is 49.4 Å². The van der Waals surface area contributed by atoms with Gasteiger partial charge in [0, 0.05) is 31.4 Å². The maximum atomic E-state index is 13.0. The largest absolute Gasteiger partial charge is 0.481 e. The molecule has 0 saturated carbocycles. The topological polar surface area (TPSA) is 96.3 Å². The lowest BCUT2D eigenvalue weighted by molar-refractivity contribution is -0.137. The zero-order chi connectivity index (χ0) is 17.8. The summed E-state index contributed by atoms with van der Waals surface area (Å²) in [5.74, 6) is -0.376. The van der Waals surface area contributed by atoms with E-state index in [1.165, 1.54) is 11.3 Å². The summed E-state index contributed by atoms with van der Waals surface area (Å²) < 4.78 is 0. The van der Waals surface area contributed by atoms with Crippen molar-refractivity contribution in [3.05, 3.63) is 29.0 Å². The SMILES string of the molecule is Cc1nc(-c2ncccn2)sc1C(=O)N1CCCCC1CCC(=O)O. The Hall–Kier alpha value is -2.35. The van der Waals surface area contributed by atoms with Gasteiger partial charge in [-0.1, -0.05) is 0 Å². The van der Waals surface area contributed by atoms with Crippen molar-refractivity contribution in [2.75, 3.05) is 6.54 Å². The summed E-state index contributed by atoms with van der Waals surface area (Å²) in [4.78, 5) is 39.1. The highest BCUT2D eigenvalue weighted by Gasteiger charge is 2.30. The molecule has 7 nitrogen and oxygen atoms in total. The molecule has 0 radical (unpaired) electrons. The lowest BCUT2D eigenvalue weighted by Gasteiger charge is -2.35. The fourth-order valence-electron chi connectivity index (χ4n) is 3.09. The highest BCUT2D eigenvalue weighted by atomic mass is 32.1. The van der Waals surface area contributed by atoms with E-state index in [2.05, 4.69) is 15.0 Å². The van der Waals surface area contributed by atoms with Crippen LogP contribution in [0, 0.1) is 6.92 Å². The van der Waals surface area contributed by atoms with Gasteiger partial charge in [-0.25, -0.2) is 15.0 Å². The number of likely N-dealkylation sites (tertiary alicyclic amines) is 1. The number of amides is 1. The van der Waals surface area contributed by atoms with Crippen LogP contribution >= 0.6 is 11.3 Å². The van der Waals surface area contributed by atoms with Crippen molar-refractivity contribution in [2.45, 2.75) is 45.1 Å². The average molecular weight is 360 g/mol. The third-order valence-corrected chi connectivity index (χ3v) is 5.47. The number of nitrogens with zero attached hydrogens (tertiary/aromatic N) is 4. The Kier molecular flexibility index (Phi) is 5.37. The van der Waals surface area contributed by atoms with Crippen LogP contribution in [0.5, 0.6) is 0 Å². The molecule has 0 bridgehead atoms. The second-order valence-corrected chi connectivity index (χ2v) is 7.09. The van der Waals surface area contributed by atoms with Crippen LogP contribution in [0.4, 0.5) is 0 Å². The van der Waals surface area contributed by atoms with Crippen molar-refractivity contribution in [1.82, 2.24) is 19.9 Å². The summed E-state index contributed by atoms with van der Waals surface area (Å²) >= 11 is 1.30. The number of carboxylic acid groups (broad SMARTS) is 1. The number of carboxylic acids is 1. The number of hydrogen-bond acceptors (Lipinski definition) is 6. The molecule has 25 heavy (non-hydrogen) atoms. The number of piperidine rings is 1. The molecule has 0 aromatic carbocycles. The number of hydrogen-bond donors (Lipinski definition) is 1. The number of aliphatic carboxylic acids is 1. The molecular weight excluding hydrogens is 340 g/mol. The molecule has 0 spiro atoms. The zero-order valence-corrected chi connectivity index (χ0v) is 14.8. The zero-order valence-electron chi connectivity index (χ0n) is 14.0. The van der Waals surface area contributed by atoms with E-state index < -0.39 is 5.97 Å². The lowest BCUT2D eigenvalue weighted by Crippen LogP contribution is -2.43. The Morgan fingerprint density at radius 3 is 2.80 bits per heavy atom. The Balaban J connectivity index is 1.81. The molecule has 0 aliphatic carbocycles. The first-order valence-electron chi connectivity index (χ1n) is 8.34. The number of carbonyl (C=O) groups is 2. The van der Waals surface area contributed by atoms with E-state index in [9.17, 15) is 9.59 Å². The van der Waals surface area contributed by atoms with E-state index in [0.29, 0.717) is 34.4 Å². The van der Waals surface area contributed by atoms with Crippen LogP contribution in [0.1, 0.15) is 47.5 Å². The molecular formula is C17H20N4O3S. The molecule has 1 aliphatic heterocycles. The Morgan fingerprint density at radius 1 is 1.32 bits per heavy atom. The molecule has 8 heteroatoms. The summed E-state index contributed by atoms with van der Waals surface area (Å²) in [5.41, 5.74) is 0.667. The first kappa shape index (κ1) is 17.5. The van der Waals surface area contributed by atoms with Crippen molar-refractivity contribution in [1.29, 1.82) is 0 Å². The third-order valence-electron chi connectivity index (χ3n) is 4.33. The minimum Gasteiger partial charge on any atom is -0.481 e. The predicted octanol–water partition coefficient (Wildman–Crippen LogP) is 2.77. The first-order valence-corrected chi connectivity index (χ1v) is 9.15. The number of aryl methyl sites for hydroxylation is 1. The van der Waals surface area contributed by atoms with Crippen molar-refractivity contribution in [3.8, 4) is 10.8 Å². The van der Waals surface area contributed by atoms with Crippen LogP contribution in [-0.2, 0) is 4.79 Å². The molecule has 1 fully saturated rings. The molecule has 3 heterocycles. The van der Waals surface area contributed by atoms with Crippen LogP contribution in [0.2, 0.25) is 0 Å². The average Bonchev–Trinajstić information content (AvgIpc) is 3.02. The van der Waals surface area contributed by atoms with Crippen LogP contribution in [0.15, 0.2) is 18.5 Å². The van der Waals surface area contributed by atoms with Crippen molar-refractivity contribution in [2.24, 2.45) is 0 Å². The minimum absolute atomic E-state index is 0.0183. The summed E-state index contributed by atoms with van der Waals surface area (Å²) in [5, 5.41) is 9.56. The van der Waals surface area contributed by atoms with Crippen LogP contribution in [0.25, 0.3) is 10.8 Å². The normalized spacial score (nSPS) is 17.5. The molecule has 1 unspecified atom stereocenters. The highest BCUT2D eigenvalue weighted by Crippen LogP contribution is 2.29. The maximum Gasteiger partial charge on any atom is 0.303 e. The van der Waals surface area contributed by atoms with Gasteiger partial charge in [-0.3, -0.25) is 9.59 Å². The molecule has 1 atom stereocenters. The van der Waals surface area contributed by atoms with Gasteiger partial charge in [-0.2, -0.15) is 0 Å². The van der Waals surface area contributed by atoms with Gasteiger partial charge in [-0.15, -0.1) is 11.3 Å². The van der Waals surface area contributed by atoms with Gasteiger partial charge in [0.05, 0.1) is 5.69 Å². The fourth-order valence-corrected chi connectivity index (χ4v) is 4.06. The second-order valence-electron chi connectivity index (χ2n) is 6.09. The van der Waals surface area contributed by atoms with E-state index in [-0.39, 0.29) is 18.4 Å². The summed E-state index contributed by atoms with van der Waals surface area (Å²) in [6.45, 7) is 2.48. The molecule has 3 rings (SSSR count). The molecule has 1 saturated heterocycles. The molecule has 2 aromatic heterocycles. The summed E-state index contributed by atoms with van der Waals surface area (Å²) in [7, 11) is 0. The van der Waals surface area contributed by atoms with E-state index in [1.54, 1.807) is 18.5 Å². The number of thiazole rings is 1. The van der Waals surface area contributed by atoms with Gasteiger partial charge in [0.25, 0.3) is 5.91 Å². The van der Waals surface area contributed by atoms with Gasteiger partial charge in [-0.05, 0) is 38.7 Å². The number of rotatable bonds is 5. The quantitative estimate of drug-likeness (QED) is 0.881. The van der Waals surface area contributed by atoms with Gasteiger partial charge in [0.1, 0.15) is 4.88 Å². The van der Waals surface area contributed by atoms with E-state index in [1.807, 2.05) is 11.8 Å². The fraction of sp³-hybridized carbons (Fsp3) is 0.471. The Labute approximate surface area is 149 Å². The smallest absolute Gasteiger partial charge is 0.303 e. The molecule has 1 N–H and O–H groups in total. The molecule has 2 aromatic rings. The Bertz CT molecular complexity index is 763. The van der Waals surface area contributed by atoms with E-state index >= 15 is 0 Å². The molecule has 132 valence electrons. The standard InChI is InChI=1S/C17H20N4O3S/c1-11-14(25-16(20-11)15-18-8-4-9-19-15)17(24)21-10-3-2-5-12(21)6-7-13(22)23/h4,8-9,12H,2-3,5-7,10H2,1H3,(H,22,23). The maximum absolute atomic E-state index is 13.0. The van der Waals surface area contributed by atoms with Gasteiger partial charge < -0.3 is 10.0 Å². The van der Waals surface area contributed by atoms with Crippen LogP contribution in [0.3, 0.4) is 0 Å². The first-order chi connectivity index (χ1) is 12.1. The van der Waals surface area contributed by atoms with Gasteiger partial charge in [0.15, 0.2) is 10.8 Å². The second kappa shape index (κ2) is 7.69.